The van der Waals surface area contributed by atoms with Crippen LogP contribution in [0.5, 0.6) is 0 Å². The molecule has 6 heteroatoms. The summed E-state index contributed by atoms with van der Waals surface area (Å²) in [6.07, 6.45) is 0.417. The molecular weight excluding hydrogens is 380 g/mol. The summed E-state index contributed by atoms with van der Waals surface area (Å²) in [5, 5.41) is 0.708. The van der Waals surface area contributed by atoms with E-state index in [0.29, 0.717) is 43.4 Å². The number of halogens is 1. The summed E-state index contributed by atoms with van der Waals surface area (Å²) in [5.74, 6) is 0.643. The molecular formula is C21H23ClN2O2S. The van der Waals surface area contributed by atoms with Gasteiger partial charge in [-0.05, 0) is 36.2 Å². The quantitative estimate of drug-likeness (QED) is 0.717. The van der Waals surface area contributed by atoms with Gasteiger partial charge in [0.15, 0.2) is 0 Å². The lowest BCUT2D eigenvalue weighted by molar-refractivity contribution is -0.137. The van der Waals surface area contributed by atoms with Crippen molar-refractivity contribution in [2.45, 2.75) is 18.2 Å². The van der Waals surface area contributed by atoms with Gasteiger partial charge in [0, 0.05) is 36.1 Å². The van der Waals surface area contributed by atoms with Gasteiger partial charge in [0.25, 0.3) is 0 Å². The summed E-state index contributed by atoms with van der Waals surface area (Å²) in [7, 11) is 0. The molecule has 0 N–H and O–H groups in total. The highest BCUT2D eigenvalue weighted by atomic mass is 35.5. The van der Waals surface area contributed by atoms with E-state index >= 15 is 0 Å². The molecule has 0 radical (unpaired) electrons. The predicted molar refractivity (Wildman–Crippen MR) is 110 cm³/mol. The number of carbonyl (C=O) groups excluding carboxylic acids is 2. The van der Waals surface area contributed by atoms with Crippen molar-refractivity contribution >= 4 is 35.2 Å². The van der Waals surface area contributed by atoms with Gasteiger partial charge in [-0.3, -0.25) is 9.59 Å². The van der Waals surface area contributed by atoms with Crippen molar-refractivity contribution in [2.75, 3.05) is 31.9 Å². The first-order valence-corrected chi connectivity index (χ1v) is 10.4. The number of nitrogens with zero attached hydrogens (tertiary/aromatic N) is 2. The Balaban J connectivity index is 1.45. The Morgan fingerprint density at radius 2 is 1.59 bits per heavy atom. The average molecular weight is 403 g/mol. The molecule has 142 valence electrons. The van der Waals surface area contributed by atoms with Gasteiger partial charge in [-0.2, -0.15) is 0 Å². The van der Waals surface area contributed by atoms with Crippen LogP contribution in [0.15, 0.2) is 53.4 Å². The maximum absolute atomic E-state index is 12.5. The third kappa shape index (κ3) is 5.50. The van der Waals surface area contributed by atoms with Crippen molar-refractivity contribution in [3.63, 3.8) is 0 Å². The fourth-order valence-corrected chi connectivity index (χ4v) is 4.23. The van der Waals surface area contributed by atoms with Gasteiger partial charge < -0.3 is 9.80 Å². The highest BCUT2D eigenvalue weighted by Gasteiger charge is 2.24. The van der Waals surface area contributed by atoms with Gasteiger partial charge in [-0.15, -0.1) is 11.8 Å². The van der Waals surface area contributed by atoms with E-state index in [9.17, 15) is 9.59 Å². The summed E-state index contributed by atoms with van der Waals surface area (Å²) in [4.78, 5) is 29.7. The first-order chi connectivity index (χ1) is 13.0. The zero-order valence-electron chi connectivity index (χ0n) is 15.4. The maximum atomic E-state index is 12.5. The number of benzene rings is 2. The monoisotopic (exact) mass is 402 g/mol. The molecule has 0 aromatic heterocycles. The molecule has 0 bridgehead atoms. The van der Waals surface area contributed by atoms with Crippen molar-refractivity contribution < 1.29 is 9.59 Å². The molecule has 2 aromatic rings. The van der Waals surface area contributed by atoms with Crippen LogP contribution in [0.2, 0.25) is 5.02 Å². The van der Waals surface area contributed by atoms with Gasteiger partial charge in [-0.1, -0.05) is 41.9 Å². The van der Waals surface area contributed by atoms with Crippen LogP contribution in [0.4, 0.5) is 0 Å². The van der Waals surface area contributed by atoms with Crippen LogP contribution in [0.1, 0.15) is 11.1 Å². The lowest BCUT2D eigenvalue weighted by Gasteiger charge is -2.35. The largest absolute Gasteiger partial charge is 0.339 e. The zero-order valence-corrected chi connectivity index (χ0v) is 16.9. The highest BCUT2D eigenvalue weighted by molar-refractivity contribution is 8.00. The lowest BCUT2D eigenvalue weighted by atomic mass is 10.1. The number of aryl methyl sites for hydroxylation is 1. The first-order valence-electron chi connectivity index (χ1n) is 9.01. The third-order valence-electron chi connectivity index (χ3n) is 4.67. The Hall–Kier alpha value is -1.98. The zero-order chi connectivity index (χ0) is 19.2. The van der Waals surface area contributed by atoms with E-state index in [0.717, 1.165) is 16.0 Å². The molecule has 1 aliphatic rings. The van der Waals surface area contributed by atoms with Crippen molar-refractivity contribution in [1.29, 1.82) is 0 Å². The summed E-state index contributed by atoms with van der Waals surface area (Å²) >= 11 is 7.51. The number of hydrogen-bond donors (Lipinski definition) is 0. The van der Waals surface area contributed by atoms with E-state index in [-0.39, 0.29) is 11.8 Å². The molecule has 0 atom stereocenters. The van der Waals surface area contributed by atoms with Gasteiger partial charge in [0.2, 0.25) is 11.8 Å². The van der Waals surface area contributed by atoms with Crippen LogP contribution in [-0.4, -0.2) is 53.5 Å². The van der Waals surface area contributed by atoms with Crippen LogP contribution in [0.3, 0.4) is 0 Å². The van der Waals surface area contributed by atoms with Crippen molar-refractivity contribution in [3.8, 4) is 0 Å². The van der Waals surface area contributed by atoms with Crippen molar-refractivity contribution in [1.82, 2.24) is 9.80 Å². The van der Waals surface area contributed by atoms with Gasteiger partial charge in [-0.25, -0.2) is 0 Å². The first kappa shape index (κ1) is 19.8. The maximum Gasteiger partial charge on any atom is 0.233 e. The molecule has 1 aliphatic heterocycles. The minimum atomic E-state index is 0.115. The van der Waals surface area contributed by atoms with E-state index in [4.69, 9.17) is 11.6 Å². The molecule has 1 heterocycles. The lowest BCUT2D eigenvalue weighted by Crippen LogP contribution is -2.51. The van der Waals surface area contributed by atoms with Crippen molar-refractivity contribution in [2.24, 2.45) is 0 Å². The Morgan fingerprint density at radius 1 is 0.963 bits per heavy atom. The van der Waals surface area contributed by atoms with Crippen LogP contribution >= 0.6 is 23.4 Å². The average Bonchev–Trinajstić information content (AvgIpc) is 2.68. The van der Waals surface area contributed by atoms with E-state index in [1.165, 1.54) is 11.8 Å². The number of rotatable bonds is 5. The second-order valence-electron chi connectivity index (χ2n) is 6.62. The number of hydrogen-bond acceptors (Lipinski definition) is 3. The minimum absolute atomic E-state index is 0.115. The van der Waals surface area contributed by atoms with Gasteiger partial charge in [0.1, 0.15) is 0 Å². The fraction of sp³-hybridized carbons (Fsp3) is 0.333. The molecule has 0 unspecified atom stereocenters. The number of carbonyl (C=O) groups is 2. The molecule has 2 amide bonds. The summed E-state index contributed by atoms with van der Waals surface area (Å²) in [5.41, 5.74) is 2.10. The molecule has 4 nitrogen and oxygen atoms in total. The molecule has 0 spiro atoms. The molecule has 0 aliphatic carbocycles. The normalized spacial score (nSPS) is 14.3. The van der Waals surface area contributed by atoms with Gasteiger partial charge >= 0.3 is 0 Å². The molecule has 2 aromatic carbocycles. The molecule has 0 saturated carbocycles. The topological polar surface area (TPSA) is 40.6 Å². The Labute approximate surface area is 169 Å². The Kier molecular flexibility index (Phi) is 6.80. The van der Waals surface area contributed by atoms with Crippen LogP contribution in [0, 0.1) is 6.92 Å². The molecule has 3 rings (SSSR count). The molecule has 27 heavy (non-hydrogen) atoms. The summed E-state index contributed by atoms with van der Waals surface area (Å²) < 4.78 is 0. The molecule has 1 fully saturated rings. The van der Waals surface area contributed by atoms with E-state index in [1.54, 1.807) is 0 Å². The number of amides is 2. The fourth-order valence-electron chi connectivity index (χ4n) is 3.09. The van der Waals surface area contributed by atoms with Crippen LogP contribution in [-0.2, 0) is 16.0 Å². The standard InChI is InChI=1S/C21H23ClN2O2S/c1-16-13-18(22)7-8-19(16)27-15-21(26)24-11-9-23(10-12-24)20(25)14-17-5-3-2-4-6-17/h2-8,13H,9-12,14-15H2,1H3. The number of thioether (sulfide) groups is 1. The van der Waals surface area contributed by atoms with Crippen LogP contribution < -0.4 is 0 Å². The van der Waals surface area contributed by atoms with Crippen molar-refractivity contribution in [3.05, 3.63) is 64.7 Å². The van der Waals surface area contributed by atoms with E-state index in [1.807, 2.05) is 65.3 Å². The highest BCUT2D eigenvalue weighted by Crippen LogP contribution is 2.25. The Morgan fingerprint density at radius 3 is 2.22 bits per heavy atom. The predicted octanol–water partition coefficient (Wildman–Crippen LogP) is 3.65. The van der Waals surface area contributed by atoms with E-state index in [2.05, 4.69) is 0 Å². The minimum Gasteiger partial charge on any atom is -0.339 e. The third-order valence-corrected chi connectivity index (χ3v) is 6.07. The SMILES string of the molecule is Cc1cc(Cl)ccc1SCC(=O)N1CCN(C(=O)Cc2ccccc2)CC1. The summed E-state index contributed by atoms with van der Waals surface area (Å²) in [6, 6.07) is 15.5. The number of piperazine rings is 1. The van der Waals surface area contributed by atoms with E-state index < -0.39 is 0 Å². The summed E-state index contributed by atoms with van der Waals surface area (Å²) in [6.45, 7) is 4.39. The second kappa shape index (κ2) is 9.29. The molecule has 1 saturated heterocycles. The smallest absolute Gasteiger partial charge is 0.233 e. The Bertz CT molecular complexity index is 805. The second-order valence-corrected chi connectivity index (χ2v) is 8.08. The van der Waals surface area contributed by atoms with Crippen LogP contribution in [0.25, 0.3) is 0 Å². The van der Waals surface area contributed by atoms with Gasteiger partial charge in [0.05, 0.1) is 12.2 Å².